The van der Waals surface area contributed by atoms with Crippen molar-refractivity contribution >= 4 is 86.3 Å². The van der Waals surface area contributed by atoms with E-state index >= 15 is 0 Å². The van der Waals surface area contributed by atoms with Gasteiger partial charge in [-0.3, -0.25) is 76.7 Å². The van der Waals surface area contributed by atoms with Gasteiger partial charge in [0, 0.05) is 119 Å². The summed E-state index contributed by atoms with van der Waals surface area (Å²) in [7, 11) is 4.09. The van der Waals surface area contributed by atoms with Crippen molar-refractivity contribution in [2.75, 3.05) is 21.3 Å². The average molecular weight is 1880 g/mol. The maximum absolute atomic E-state index is 12.3. The Morgan fingerprint density at radius 1 is 0.270 bits per heavy atom. The second kappa shape index (κ2) is 45.4. The lowest BCUT2D eigenvalue weighted by Gasteiger charge is -2.27. The molecule has 0 unspecified atom stereocenters. The molecule has 11 aliphatic carbocycles. The molecule has 3 aromatic heterocycles. The number of rotatable bonds is 12. The third-order valence-corrected chi connectivity index (χ3v) is 25.8. The highest BCUT2D eigenvalue weighted by Gasteiger charge is 2.39. The van der Waals surface area contributed by atoms with E-state index in [9.17, 15) is 112 Å². The molecule has 14 aliphatic rings. The Morgan fingerprint density at radius 2 is 0.606 bits per heavy atom. The number of ketones is 13. The monoisotopic (exact) mass is 1880 g/mol. The summed E-state index contributed by atoms with van der Waals surface area (Å²) in [4.78, 5) is 189. The first-order valence-corrected chi connectivity index (χ1v) is 46.0. The molecule has 716 valence electrons. The van der Waals surface area contributed by atoms with Crippen molar-refractivity contribution in [2.24, 2.45) is 17.8 Å². The van der Waals surface area contributed by atoms with Gasteiger partial charge >= 0.3 is 0 Å². The van der Waals surface area contributed by atoms with Crippen LogP contribution in [0.5, 0.6) is 34.5 Å². The van der Waals surface area contributed by atoms with Gasteiger partial charge in [0.1, 0.15) is 46.1 Å². The van der Waals surface area contributed by atoms with Gasteiger partial charge in [-0.2, -0.15) is 0 Å². The van der Waals surface area contributed by atoms with Gasteiger partial charge in [0.25, 0.3) is 23.1 Å². The Morgan fingerprint density at radius 3 is 1.02 bits per heavy atom. The van der Waals surface area contributed by atoms with Gasteiger partial charge in [0.05, 0.1) is 32.5 Å². The zero-order chi connectivity index (χ0) is 98.0. The summed E-state index contributed by atoms with van der Waals surface area (Å²) < 4.78 is 49.5. The van der Waals surface area contributed by atoms with E-state index in [-0.39, 0.29) is 116 Å². The average Bonchev–Trinajstić information content (AvgIpc) is 0.774. The van der Waals surface area contributed by atoms with Crippen molar-refractivity contribution in [3.05, 3.63) is 267 Å². The van der Waals surface area contributed by atoms with Crippen molar-refractivity contribution in [3.8, 4) is 45.8 Å². The second-order valence-corrected chi connectivity index (χ2v) is 35.0. The van der Waals surface area contributed by atoms with E-state index in [0.29, 0.717) is 51.3 Å². The molecular weight excluding hydrogens is 1770 g/mol. The highest BCUT2D eigenvalue weighted by Crippen LogP contribution is 2.46. The number of ether oxygens (including phenoxy) is 6. The maximum atomic E-state index is 12.3. The molecule has 7 N–H and O–H groups in total. The Bertz CT molecular complexity index is 6290. The summed E-state index contributed by atoms with van der Waals surface area (Å²) >= 11 is 0. The van der Waals surface area contributed by atoms with E-state index < -0.39 is 120 Å². The Balaban J connectivity index is 0.000000139. The van der Waals surface area contributed by atoms with E-state index in [1.165, 1.54) is 144 Å². The molecule has 6 fully saturated rings. The minimum Gasteiger partial charge on any atom is -0.507 e. The predicted octanol–water partition coefficient (Wildman–Crippen LogP) is 15.7. The van der Waals surface area contributed by atoms with Crippen molar-refractivity contribution in [1.29, 1.82) is 0 Å². The Hall–Kier alpha value is -15.0. The molecule has 137 heavy (non-hydrogen) atoms. The fraction of sp³-hybridized carbons (Fsp3) is 0.371. The lowest BCUT2D eigenvalue weighted by atomic mass is 9.86. The minimum atomic E-state index is -0.864. The highest BCUT2D eigenvalue weighted by molar-refractivity contribution is 6.50. The van der Waals surface area contributed by atoms with Gasteiger partial charge in [0.15, 0.2) is 69.1 Å². The number of phenolic OH excluding ortho intramolecular Hbond substituents is 3. The molecule has 32 heteroatoms. The van der Waals surface area contributed by atoms with Crippen LogP contribution in [-0.2, 0) is 90.8 Å². The summed E-state index contributed by atoms with van der Waals surface area (Å²) in [5.41, 5.74) is -0.543. The summed E-state index contributed by atoms with van der Waals surface area (Å²) in [5, 5.41) is 68.7. The lowest BCUT2D eigenvalue weighted by Crippen LogP contribution is -2.27. The van der Waals surface area contributed by atoms with Crippen molar-refractivity contribution < 1.29 is 140 Å². The van der Waals surface area contributed by atoms with Gasteiger partial charge < -0.3 is 77.4 Å². The van der Waals surface area contributed by atoms with Gasteiger partial charge in [-0.25, -0.2) is 0 Å². The zero-order valence-electron chi connectivity index (χ0n) is 75.7. The topological polar surface area (TPSA) is 510 Å². The van der Waals surface area contributed by atoms with Crippen LogP contribution in [0.3, 0.4) is 0 Å². The lowest BCUT2D eigenvalue weighted by molar-refractivity contribution is -0.134. The second-order valence-electron chi connectivity index (χ2n) is 35.0. The molecule has 1 aromatic carbocycles. The number of phenols is 3. The normalized spacial score (nSPS) is 21.0. The molecule has 0 atom stereocenters. The number of methoxy groups -OCH3 is 3. The number of carbonyl (C=O) groups is 13. The fourth-order valence-electron chi connectivity index (χ4n) is 18.2. The largest absolute Gasteiger partial charge is 0.507 e. The Labute approximate surface area is 784 Å². The van der Waals surface area contributed by atoms with E-state index in [1.54, 1.807) is 0 Å². The molecule has 0 radical (unpaired) electrons. The first-order valence-electron chi connectivity index (χ1n) is 46.0. The number of aliphatic hydroxyl groups is 1. The third-order valence-electron chi connectivity index (χ3n) is 25.8. The van der Waals surface area contributed by atoms with Gasteiger partial charge in [-0.05, 0) is 150 Å². The molecule has 4 aromatic rings. The van der Waals surface area contributed by atoms with E-state index in [4.69, 9.17) is 41.7 Å². The van der Waals surface area contributed by atoms with Gasteiger partial charge in [-0.1, -0.05) is 116 Å². The van der Waals surface area contributed by atoms with Crippen LogP contribution in [0.15, 0.2) is 236 Å². The summed E-state index contributed by atoms with van der Waals surface area (Å²) in [6.07, 6.45) is 53.2. The summed E-state index contributed by atoms with van der Waals surface area (Å²) in [6.45, 7) is 0. The first-order chi connectivity index (χ1) is 65.8. The number of hydrogen-bond acceptors (Lipinski definition) is 32. The Kier molecular flexibility index (Phi) is 32.9. The molecule has 0 bridgehead atoms. The number of aliphatic hydroxyl groups excluding tert-OH is 1. The van der Waals surface area contributed by atoms with Crippen LogP contribution < -0.4 is 16.3 Å². The first kappa shape index (κ1) is 99.5. The quantitative estimate of drug-likeness (QED) is 0.0228. The molecule has 0 amide bonds. The van der Waals surface area contributed by atoms with Crippen LogP contribution in [0.2, 0.25) is 0 Å². The molecule has 32 nitrogen and oxygen atoms in total. The van der Waals surface area contributed by atoms with Gasteiger partial charge in [-0.15, -0.1) is 0 Å². The summed E-state index contributed by atoms with van der Waals surface area (Å²) in [5.74, 6) is -7.80. The van der Waals surface area contributed by atoms with Crippen LogP contribution in [-0.4, -0.2) is 132 Å². The zero-order valence-corrected chi connectivity index (χ0v) is 75.7. The van der Waals surface area contributed by atoms with E-state index in [2.05, 4.69) is 0 Å². The smallest absolute Gasteiger partial charge is 0.268 e. The summed E-state index contributed by atoms with van der Waals surface area (Å²) in [6, 6.07) is 5.84. The number of benzene rings is 1. The van der Waals surface area contributed by atoms with Crippen molar-refractivity contribution in [1.82, 2.24) is 0 Å². The molecule has 6 saturated carbocycles. The molecule has 0 spiro atoms. The number of hydrogen-bond donors (Lipinski definition) is 7. The third kappa shape index (κ3) is 24.0. The van der Waals surface area contributed by atoms with Crippen LogP contribution in [0.4, 0.5) is 0 Å². The highest BCUT2D eigenvalue weighted by atomic mass is 16.5. The molecular formula is C105H104O32. The van der Waals surface area contributed by atoms with Crippen LogP contribution in [0, 0.1) is 17.8 Å². The minimum absolute atomic E-state index is 0.0172. The van der Waals surface area contributed by atoms with Crippen LogP contribution in [0.1, 0.15) is 239 Å². The van der Waals surface area contributed by atoms with Gasteiger partial charge in [0.2, 0.25) is 79.8 Å². The fourth-order valence-corrected chi connectivity index (χ4v) is 18.2. The SMILES string of the molecule is COC1=C/C(=C2\OC(C3CCCCC3)=CC(=O)C2=O)C=CC1=O.COC1=CC(=C2OC(C3CCCCC3)=CC(=O)C2=O)C=C(OC)C1=O.O=C1C=C(O)C(c2oc(C3CCCCC3)cc(=O)c2O)=CC1=O.O=C1C=CC(=C2OC(C3CCCCC3)=CC(=O)C2=O)C=C1.O=C1C=CC(c2oc(C3CCCCC3)cc(=O)c2O)=CC1=O.O=c1cc(C2CCCCC2)oc(-c2cc(O)c(O)cc2O)c1O. The van der Waals surface area contributed by atoms with E-state index in [1.807, 2.05) is 0 Å². The molecule has 0 saturated heterocycles. The van der Waals surface area contributed by atoms with Crippen molar-refractivity contribution in [2.45, 2.75) is 210 Å². The number of carbonyl (C=O) groups excluding carboxylic acids is 13. The van der Waals surface area contributed by atoms with Crippen LogP contribution >= 0.6 is 0 Å². The number of Topliss-reactive ketones (excluding diaryl/α,β-unsaturated/α-hetero) is 4. The molecule has 6 heterocycles. The predicted molar refractivity (Wildman–Crippen MR) is 490 cm³/mol. The number of allylic oxidation sites excluding steroid dienone is 28. The standard InChI is InChI=1S/C19H20O6.C18H18O5.C17H18O6.C17H16O6.C17H16O5.C17H16O4/c1-23-15-8-12(9-16(24-2)18(15)22)19-17(21)13(20)10-14(25-19)11-6-4-3-5-7-11;1-22-16-9-12(7-8-13(16)19)18-17(21)14(20)10-15(23-18)11-5-3-2-4-6-11;2*18-11-7-13(20)12(19)6-10(11)17-16(22)14(21)8-15(23-17)9-4-2-1-3-5-9;18-12-7-6-11(8-13(12)19)17-16(21)14(20)9-15(22-17)10-4-2-1-3-5-10;18-13-8-6-12(7-9-13)17-16(20)14(19)10-15(21-17)11-4-2-1-3-5-11/h8-11H,3-7H2,1-2H3;7-11H,2-6H2,1H3;6-9,18-20,22H,1-5H2;6-9,18,22H,1-5H2;6-10,21H,1-5H2;6-11H,1-5H2/b;18-12-;;;;. The molecule has 18 rings (SSSR count). The molecule has 3 aliphatic heterocycles. The van der Waals surface area contributed by atoms with Crippen molar-refractivity contribution in [3.63, 3.8) is 0 Å². The number of aromatic hydroxyl groups is 6. The maximum Gasteiger partial charge on any atom is 0.268 e. The van der Waals surface area contributed by atoms with Crippen LogP contribution in [0.25, 0.3) is 22.5 Å². The van der Waals surface area contributed by atoms with E-state index in [0.717, 1.165) is 203 Å².